The summed E-state index contributed by atoms with van der Waals surface area (Å²) >= 11 is 1.93. The highest BCUT2D eigenvalue weighted by Crippen LogP contribution is 2.04. The second-order valence-electron chi connectivity index (χ2n) is 3.67. The molecule has 80 valence electrons. The molecule has 0 aliphatic heterocycles. The van der Waals surface area contributed by atoms with Crippen molar-refractivity contribution in [1.29, 1.82) is 0 Å². The Balaban J connectivity index is 3.39. The molecule has 0 aromatic rings. The second-order valence-corrected chi connectivity index (χ2v) is 5.06. The first-order valence-electron chi connectivity index (χ1n) is 5.12. The third kappa shape index (κ3) is 8.60. The average Bonchev–Trinajstić information content (AvgIpc) is 2.10. The minimum atomic E-state index is 0.261. The second kappa shape index (κ2) is 8.85. The van der Waals surface area contributed by atoms with Gasteiger partial charge >= 0.3 is 0 Å². The van der Waals surface area contributed by atoms with Crippen LogP contribution in [-0.2, 0) is 0 Å². The first-order chi connectivity index (χ1) is 6.20. The van der Waals surface area contributed by atoms with Gasteiger partial charge < -0.3 is 10.4 Å². The van der Waals surface area contributed by atoms with Gasteiger partial charge in [-0.15, -0.1) is 0 Å². The van der Waals surface area contributed by atoms with Crippen LogP contribution in [-0.4, -0.2) is 35.8 Å². The molecule has 2 nitrogen and oxygen atoms in total. The van der Waals surface area contributed by atoms with Crippen LogP contribution < -0.4 is 5.32 Å². The van der Waals surface area contributed by atoms with Crippen LogP contribution in [0.4, 0.5) is 0 Å². The number of thioether (sulfide) groups is 1. The molecule has 0 spiro atoms. The van der Waals surface area contributed by atoms with E-state index in [-0.39, 0.29) is 6.61 Å². The molecule has 0 radical (unpaired) electrons. The van der Waals surface area contributed by atoms with Crippen molar-refractivity contribution in [3.63, 3.8) is 0 Å². The first kappa shape index (κ1) is 13.3. The molecule has 0 aliphatic carbocycles. The molecular formula is C10H23NOS. The maximum absolute atomic E-state index is 9.07. The Labute approximate surface area is 86.5 Å². The molecule has 0 aliphatic rings. The van der Waals surface area contributed by atoms with Crippen LogP contribution in [0.15, 0.2) is 0 Å². The molecule has 0 amide bonds. The summed E-state index contributed by atoms with van der Waals surface area (Å²) < 4.78 is 0. The van der Waals surface area contributed by atoms with Crippen LogP contribution >= 0.6 is 11.8 Å². The maximum atomic E-state index is 9.07. The standard InChI is InChI=1S/C10H23NOS/c1-4-13-6-5-10(8-12)11-7-9(2)3/h9-12H,4-8H2,1-3H3. The quantitative estimate of drug-likeness (QED) is 0.592. The zero-order valence-electron chi connectivity index (χ0n) is 9.05. The summed E-state index contributed by atoms with van der Waals surface area (Å²) in [6.45, 7) is 7.80. The molecule has 0 bridgehead atoms. The summed E-state index contributed by atoms with van der Waals surface area (Å²) in [6.07, 6.45) is 1.07. The highest BCUT2D eigenvalue weighted by Gasteiger charge is 2.06. The first-order valence-corrected chi connectivity index (χ1v) is 6.28. The summed E-state index contributed by atoms with van der Waals surface area (Å²) in [6, 6.07) is 0.293. The molecule has 1 unspecified atom stereocenters. The fourth-order valence-corrected chi connectivity index (χ4v) is 1.77. The number of hydrogen-bond donors (Lipinski definition) is 2. The van der Waals surface area contributed by atoms with Crippen LogP contribution in [0.2, 0.25) is 0 Å². The van der Waals surface area contributed by atoms with Gasteiger partial charge in [0, 0.05) is 6.04 Å². The van der Waals surface area contributed by atoms with Crippen molar-refractivity contribution in [3.05, 3.63) is 0 Å². The van der Waals surface area contributed by atoms with E-state index in [1.165, 1.54) is 5.75 Å². The van der Waals surface area contributed by atoms with E-state index in [9.17, 15) is 0 Å². The van der Waals surface area contributed by atoms with E-state index in [4.69, 9.17) is 5.11 Å². The summed E-state index contributed by atoms with van der Waals surface area (Å²) in [5.74, 6) is 2.97. The van der Waals surface area contributed by atoms with Crippen molar-refractivity contribution in [3.8, 4) is 0 Å². The highest BCUT2D eigenvalue weighted by atomic mass is 32.2. The Morgan fingerprint density at radius 2 is 2.08 bits per heavy atom. The van der Waals surface area contributed by atoms with Gasteiger partial charge in [0.25, 0.3) is 0 Å². The van der Waals surface area contributed by atoms with Crippen molar-refractivity contribution >= 4 is 11.8 Å². The Bertz CT molecular complexity index is 109. The molecule has 0 heterocycles. The van der Waals surface area contributed by atoms with Gasteiger partial charge in [0.05, 0.1) is 6.61 Å². The van der Waals surface area contributed by atoms with Gasteiger partial charge in [0.15, 0.2) is 0 Å². The highest BCUT2D eigenvalue weighted by molar-refractivity contribution is 7.99. The molecular weight excluding hydrogens is 182 g/mol. The Kier molecular flexibility index (Phi) is 9.03. The van der Waals surface area contributed by atoms with Crippen LogP contribution in [0, 0.1) is 5.92 Å². The molecule has 0 fully saturated rings. The Morgan fingerprint density at radius 1 is 1.38 bits per heavy atom. The van der Waals surface area contributed by atoms with Crippen LogP contribution in [0.25, 0.3) is 0 Å². The lowest BCUT2D eigenvalue weighted by Crippen LogP contribution is -2.35. The Hall–Kier alpha value is 0.270. The fraction of sp³-hybridized carbons (Fsp3) is 1.00. The van der Waals surface area contributed by atoms with Crippen LogP contribution in [0.3, 0.4) is 0 Å². The largest absolute Gasteiger partial charge is 0.395 e. The predicted molar refractivity (Wildman–Crippen MR) is 61.3 cm³/mol. The van der Waals surface area contributed by atoms with Crippen LogP contribution in [0.1, 0.15) is 27.2 Å². The van der Waals surface area contributed by atoms with Gasteiger partial charge in [0.1, 0.15) is 0 Å². The van der Waals surface area contributed by atoms with Gasteiger partial charge in [-0.3, -0.25) is 0 Å². The Morgan fingerprint density at radius 3 is 2.54 bits per heavy atom. The third-order valence-electron chi connectivity index (χ3n) is 1.85. The zero-order valence-corrected chi connectivity index (χ0v) is 9.86. The molecule has 0 saturated carbocycles. The lowest BCUT2D eigenvalue weighted by Gasteiger charge is -2.17. The molecule has 3 heteroatoms. The number of nitrogens with one attached hydrogen (secondary N) is 1. The lowest BCUT2D eigenvalue weighted by atomic mass is 10.2. The maximum Gasteiger partial charge on any atom is 0.0584 e. The van der Waals surface area contributed by atoms with Crippen LogP contribution in [0.5, 0.6) is 0 Å². The molecule has 2 N–H and O–H groups in total. The van der Waals surface area contributed by atoms with E-state index in [0.29, 0.717) is 12.0 Å². The lowest BCUT2D eigenvalue weighted by molar-refractivity contribution is 0.236. The van der Waals surface area contributed by atoms with Crippen molar-refractivity contribution in [2.45, 2.75) is 33.2 Å². The minimum Gasteiger partial charge on any atom is -0.395 e. The van der Waals surface area contributed by atoms with Crippen molar-refractivity contribution in [2.24, 2.45) is 5.92 Å². The van der Waals surface area contributed by atoms with E-state index < -0.39 is 0 Å². The van der Waals surface area contributed by atoms with Gasteiger partial charge in [-0.1, -0.05) is 20.8 Å². The van der Waals surface area contributed by atoms with Gasteiger partial charge in [0.2, 0.25) is 0 Å². The third-order valence-corrected chi connectivity index (χ3v) is 2.78. The van der Waals surface area contributed by atoms with Gasteiger partial charge in [-0.05, 0) is 30.4 Å². The van der Waals surface area contributed by atoms with Crippen molar-refractivity contribution < 1.29 is 5.11 Å². The summed E-state index contributed by atoms with van der Waals surface area (Å²) in [4.78, 5) is 0. The number of hydrogen-bond acceptors (Lipinski definition) is 3. The van der Waals surface area contributed by atoms with E-state index in [2.05, 4.69) is 26.1 Å². The average molecular weight is 205 g/mol. The van der Waals surface area contributed by atoms with E-state index in [1.807, 2.05) is 11.8 Å². The molecule has 13 heavy (non-hydrogen) atoms. The molecule has 0 rings (SSSR count). The summed E-state index contributed by atoms with van der Waals surface area (Å²) in [5.41, 5.74) is 0. The minimum absolute atomic E-state index is 0.261. The normalized spacial score (nSPS) is 13.6. The molecule has 0 saturated heterocycles. The van der Waals surface area contributed by atoms with Crippen molar-refractivity contribution in [1.82, 2.24) is 5.32 Å². The summed E-state index contributed by atoms with van der Waals surface area (Å²) in [7, 11) is 0. The number of aliphatic hydroxyl groups is 1. The van der Waals surface area contributed by atoms with E-state index in [0.717, 1.165) is 18.7 Å². The fourth-order valence-electron chi connectivity index (χ4n) is 1.03. The SMILES string of the molecule is CCSCCC(CO)NCC(C)C. The smallest absolute Gasteiger partial charge is 0.0584 e. The van der Waals surface area contributed by atoms with Gasteiger partial charge in [-0.2, -0.15) is 11.8 Å². The monoisotopic (exact) mass is 205 g/mol. The molecule has 0 aromatic carbocycles. The van der Waals surface area contributed by atoms with E-state index in [1.54, 1.807) is 0 Å². The van der Waals surface area contributed by atoms with Crippen molar-refractivity contribution in [2.75, 3.05) is 24.7 Å². The summed E-state index contributed by atoms with van der Waals surface area (Å²) in [5, 5.41) is 12.4. The topological polar surface area (TPSA) is 32.3 Å². The number of aliphatic hydroxyl groups excluding tert-OH is 1. The molecule has 0 aromatic heterocycles. The van der Waals surface area contributed by atoms with E-state index >= 15 is 0 Å². The predicted octanol–water partition coefficient (Wildman–Crippen LogP) is 1.74. The van der Waals surface area contributed by atoms with Gasteiger partial charge in [-0.25, -0.2) is 0 Å². The zero-order chi connectivity index (χ0) is 10.1. The number of rotatable bonds is 8. The molecule has 1 atom stereocenters.